The minimum absolute atomic E-state index is 0.0666. The van der Waals surface area contributed by atoms with Crippen molar-refractivity contribution < 1.29 is 18.8 Å². The molecule has 3 rings (SSSR count). The summed E-state index contributed by atoms with van der Waals surface area (Å²) in [7, 11) is 0. The summed E-state index contributed by atoms with van der Waals surface area (Å²) in [6.07, 6.45) is 1.16. The number of halogens is 1. The molecule has 0 atom stereocenters. The number of furan rings is 1. The van der Waals surface area contributed by atoms with E-state index in [1.807, 2.05) is 13.8 Å². The fraction of sp³-hybridized carbons (Fsp3) is 0.300. The maximum atomic E-state index is 12.7. The molecular formula is C20H22BrN5O4. The van der Waals surface area contributed by atoms with Crippen LogP contribution in [0.2, 0.25) is 0 Å². The molecule has 0 radical (unpaired) electrons. The molecule has 10 heteroatoms. The summed E-state index contributed by atoms with van der Waals surface area (Å²) in [6.45, 7) is 5.79. The van der Waals surface area contributed by atoms with Crippen LogP contribution in [0.4, 0.5) is 4.79 Å². The second-order valence-corrected chi connectivity index (χ2v) is 8.65. The average Bonchev–Trinajstić information content (AvgIpc) is 2.99. The smallest absolute Gasteiger partial charge is 0.332 e. The van der Waals surface area contributed by atoms with Crippen molar-refractivity contribution >= 4 is 39.5 Å². The molecule has 9 nitrogen and oxygen atoms in total. The molecule has 1 aliphatic carbocycles. The molecule has 0 saturated heterocycles. The van der Waals surface area contributed by atoms with E-state index in [4.69, 9.17) is 10.2 Å². The number of nitrogens with two attached hydrogens (primary N) is 1. The quantitative estimate of drug-likeness (QED) is 0.506. The fourth-order valence-corrected chi connectivity index (χ4v) is 3.90. The maximum absolute atomic E-state index is 12.7. The second-order valence-electron chi connectivity index (χ2n) is 7.79. The van der Waals surface area contributed by atoms with Crippen molar-refractivity contribution in [3.63, 3.8) is 0 Å². The largest absolute Gasteiger partial charge is 0.455 e. The van der Waals surface area contributed by atoms with Crippen LogP contribution in [-0.2, 0) is 6.42 Å². The lowest BCUT2D eigenvalue weighted by atomic mass is 9.75. The van der Waals surface area contributed by atoms with Gasteiger partial charge in [0, 0.05) is 22.0 Å². The first-order chi connectivity index (χ1) is 14.1. The van der Waals surface area contributed by atoms with E-state index in [0.29, 0.717) is 45.5 Å². The highest BCUT2D eigenvalue weighted by Crippen LogP contribution is 2.38. The van der Waals surface area contributed by atoms with Gasteiger partial charge in [0.1, 0.15) is 5.76 Å². The Kier molecular flexibility index (Phi) is 5.97. The lowest BCUT2D eigenvalue weighted by Crippen LogP contribution is -2.41. The predicted octanol–water partition coefficient (Wildman–Crippen LogP) is 2.77. The Morgan fingerprint density at radius 1 is 1.13 bits per heavy atom. The van der Waals surface area contributed by atoms with E-state index in [-0.39, 0.29) is 11.2 Å². The summed E-state index contributed by atoms with van der Waals surface area (Å²) >= 11 is 3.30. The lowest BCUT2D eigenvalue weighted by Gasteiger charge is -2.29. The van der Waals surface area contributed by atoms with Gasteiger partial charge < -0.3 is 10.2 Å². The molecule has 0 spiro atoms. The molecule has 1 aliphatic rings. The topological polar surface area (TPSA) is 139 Å². The van der Waals surface area contributed by atoms with E-state index in [9.17, 15) is 14.4 Å². The zero-order valence-electron chi connectivity index (χ0n) is 16.8. The van der Waals surface area contributed by atoms with Crippen LogP contribution in [0.3, 0.4) is 0 Å². The average molecular weight is 476 g/mol. The third-order valence-corrected chi connectivity index (χ3v) is 5.40. The highest BCUT2D eigenvalue weighted by molar-refractivity contribution is 9.10. The monoisotopic (exact) mass is 475 g/mol. The number of amides is 4. The number of nitrogens with zero attached hydrogens (tertiary/aromatic N) is 1. The van der Waals surface area contributed by atoms with Gasteiger partial charge in [0.15, 0.2) is 5.76 Å². The number of hydrazone groups is 1. The normalized spacial score (nSPS) is 15.9. The lowest BCUT2D eigenvalue weighted by molar-refractivity contribution is 0.0828. The van der Waals surface area contributed by atoms with E-state index in [1.165, 1.54) is 0 Å². The van der Waals surface area contributed by atoms with Gasteiger partial charge >= 0.3 is 11.9 Å². The van der Waals surface area contributed by atoms with Crippen molar-refractivity contribution in [3.8, 4) is 0 Å². The molecule has 0 fully saturated rings. The molecule has 1 heterocycles. The van der Waals surface area contributed by atoms with Gasteiger partial charge in [0.05, 0.1) is 11.3 Å². The zero-order chi connectivity index (χ0) is 22.1. The number of rotatable bonds is 3. The molecule has 0 bridgehead atoms. The molecule has 1 aromatic carbocycles. The summed E-state index contributed by atoms with van der Waals surface area (Å²) in [4.78, 5) is 36.1. The highest BCUT2D eigenvalue weighted by Gasteiger charge is 2.36. The molecule has 4 amide bonds. The van der Waals surface area contributed by atoms with Crippen molar-refractivity contribution in [2.75, 3.05) is 0 Å². The van der Waals surface area contributed by atoms with Gasteiger partial charge in [0.25, 0.3) is 5.91 Å². The molecule has 0 saturated carbocycles. The molecule has 0 unspecified atom stereocenters. The van der Waals surface area contributed by atoms with Gasteiger partial charge in [-0.1, -0.05) is 26.0 Å². The van der Waals surface area contributed by atoms with Crippen LogP contribution in [-0.4, -0.2) is 23.6 Å². The van der Waals surface area contributed by atoms with Crippen molar-refractivity contribution in [2.24, 2.45) is 16.3 Å². The van der Waals surface area contributed by atoms with Gasteiger partial charge in [0.2, 0.25) is 0 Å². The molecule has 1 aromatic heterocycles. The summed E-state index contributed by atoms with van der Waals surface area (Å²) in [5.41, 5.74) is 14.1. The number of hydrogen-bond acceptors (Lipinski definition) is 5. The first-order valence-electron chi connectivity index (χ1n) is 9.19. The Bertz CT molecular complexity index is 1060. The number of nitrogens with one attached hydrogen (secondary N) is 3. The standard InChI is InChI=1S/C20H22BrN5O4/c1-10-15-13(23-26-19(22)29)8-20(2,3)9-14(15)30-16(10)18(28)25-24-17(27)11-6-4-5-7-12(11)21/h4-7H,8-9H2,1-3H3,(H,24,27)(H,25,28)(H3,22,26,29)/b23-13-. The van der Waals surface area contributed by atoms with Gasteiger partial charge in [-0.15, -0.1) is 0 Å². The SMILES string of the molecule is Cc1c(C(=O)NNC(=O)c2ccccc2Br)oc2c1/C(=N\NC(N)=O)CC(C)(C)C2. The summed E-state index contributed by atoms with van der Waals surface area (Å²) in [6, 6.07) is 6.07. The molecule has 0 aliphatic heterocycles. The fourth-order valence-electron chi connectivity index (χ4n) is 3.43. The number of hydrogen-bond donors (Lipinski definition) is 4. The van der Waals surface area contributed by atoms with Crippen molar-refractivity contribution in [1.29, 1.82) is 0 Å². The van der Waals surface area contributed by atoms with Crippen LogP contribution >= 0.6 is 15.9 Å². The summed E-state index contributed by atoms with van der Waals surface area (Å²) in [5, 5.41) is 4.10. The number of hydrazine groups is 1. The van der Waals surface area contributed by atoms with E-state index < -0.39 is 17.8 Å². The van der Waals surface area contributed by atoms with Crippen molar-refractivity contribution in [3.05, 3.63) is 56.9 Å². The van der Waals surface area contributed by atoms with Gasteiger partial charge in [-0.05, 0) is 46.8 Å². The predicted molar refractivity (Wildman–Crippen MR) is 114 cm³/mol. The van der Waals surface area contributed by atoms with Crippen LogP contribution in [0.1, 0.15) is 58.1 Å². The minimum Gasteiger partial charge on any atom is -0.455 e. The zero-order valence-corrected chi connectivity index (χ0v) is 18.3. The van der Waals surface area contributed by atoms with Crippen LogP contribution < -0.4 is 22.0 Å². The highest BCUT2D eigenvalue weighted by atomic mass is 79.9. The van der Waals surface area contributed by atoms with Crippen LogP contribution in [0, 0.1) is 12.3 Å². The Hall–Kier alpha value is -3.14. The van der Waals surface area contributed by atoms with Gasteiger partial charge in [-0.25, -0.2) is 10.2 Å². The number of fused-ring (bicyclic) bond motifs is 1. The maximum Gasteiger partial charge on any atom is 0.332 e. The van der Waals surface area contributed by atoms with E-state index in [0.717, 1.165) is 0 Å². The first kappa shape index (κ1) is 21.6. The van der Waals surface area contributed by atoms with Gasteiger partial charge in [-0.3, -0.25) is 20.4 Å². The number of carbonyl (C=O) groups excluding carboxylic acids is 3. The third-order valence-electron chi connectivity index (χ3n) is 4.71. The van der Waals surface area contributed by atoms with Crippen molar-refractivity contribution in [2.45, 2.75) is 33.6 Å². The van der Waals surface area contributed by atoms with E-state index in [1.54, 1.807) is 31.2 Å². The molecular weight excluding hydrogens is 454 g/mol. The number of primary amides is 1. The van der Waals surface area contributed by atoms with Crippen LogP contribution in [0.25, 0.3) is 0 Å². The molecule has 5 N–H and O–H groups in total. The Labute approximate surface area is 181 Å². The second kappa shape index (κ2) is 8.31. The van der Waals surface area contributed by atoms with Gasteiger partial charge in [-0.2, -0.15) is 5.10 Å². The molecule has 30 heavy (non-hydrogen) atoms. The van der Waals surface area contributed by atoms with Crippen LogP contribution in [0.15, 0.2) is 38.3 Å². The van der Waals surface area contributed by atoms with E-state index >= 15 is 0 Å². The minimum atomic E-state index is -0.777. The molecule has 158 valence electrons. The summed E-state index contributed by atoms with van der Waals surface area (Å²) in [5.74, 6) is -0.408. The molecule has 2 aromatic rings. The van der Waals surface area contributed by atoms with Crippen molar-refractivity contribution in [1.82, 2.24) is 16.3 Å². The number of carbonyl (C=O) groups is 3. The third kappa shape index (κ3) is 4.54. The Balaban J connectivity index is 1.83. The Morgan fingerprint density at radius 2 is 1.80 bits per heavy atom. The summed E-state index contributed by atoms with van der Waals surface area (Å²) < 4.78 is 6.44. The van der Waals surface area contributed by atoms with E-state index in [2.05, 4.69) is 37.3 Å². The first-order valence-corrected chi connectivity index (χ1v) is 9.98. The number of benzene rings is 1. The number of urea groups is 1. The van der Waals surface area contributed by atoms with Crippen LogP contribution in [0.5, 0.6) is 0 Å². The Morgan fingerprint density at radius 3 is 2.47 bits per heavy atom.